The number of anilines is 2. The topological polar surface area (TPSA) is 48.5 Å². The van der Waals surface area contributed by atoms with E-state index in [4.69, 9.17) is 11.6 Å². The molecule has 1 aromatic heterocycles. The molecule has 1 aromatic carbocycles. The molecule has 5 nitrogen and oxygen atoms in total. The molecular formula is C22H27ClN4O. The number of piperazine rings is 1. The number of benzene rings is 1. The molecule has 1 aliphatic carbocycles. The van der Waals surface area contributed by atoms with Crippen molar-refractivity contribution in [2.24, 2.45) is 0 Å². The van der Waals surface area contributed by atoms with Crippen LogP contribution in [0, 0.1) is 0 Å². The maximum atomic E-state index is 12.9. The van der Waals surface area contributed by atoms with Crippen LogP contribution in [0.15, 0.2) is 42.5 Å². The van der Waals surface area contributed by atoms with Crippen LogP contribution in [-0.2, 0) is 0 Å². The largest absolute Gasteiger partial charge is 0.368 e. The third-order valence-electron chi connectivity index (χ3n) is 5.73. The van der Waals surface area contributed by atoms with E-state index in [0.717, 1.165) is 39.0 Å². The normalized spacial score (nSPS) is 18.2. The Kier molecular flexibility index (Phi) is 6.01. The highest BCUT2D eigenvalue weighted by Gasteiger charge is 2.25. The zero-order chi connectivity index (χ0) is 19.3. The van der Waals surface area contributed by atoms with Gasteiger partial charge in [-0.25, -0.2) is 4.98 Å². The third-order valence-corrected chi connectivity index (χ3v) is 5.94. The Morgan fingerprint density at radius 1 is 0.929 bits per heavy atom. The first-order valence-electron chi connectivity index (χ1n) is 10.2. The van der Waals surface area contributed by atoms with Crippen molar-refractivity contribution in [2.45, 2.75) is 38.1 Å². The maximum absolute atomic E-state index is 12.9. The first-order valence-corrected chi connectivity index (χ1v) is 10.6. The molecule has 148 valence electrons. The van der Waals surface area contributed by atoms with Crippen LogP contribution >= 0.6 is 11.6 Å². The number of amides is 1. The van der Waals surface area contributed by atoms with E-state index in [2.05, 4.69) is 44.4 Å². The van der Waals surface area contributed by atoms with Crippen LogP contribution in [0.4, 0.5) is 11.5 Å². The van der Waals surface area contributed by atoms with Crippen LogP contribution in [0.1, 0.15) is 42.5 Å². The fraction of sp³-hybridized carbons (Fsp3) is 0.455. The molecule has 2 heterocycles. The number of nitrogens with one attached hydrogen (secondary N) is 1. The van der Waals surface area contributed by atoms with E-state index in [1.807, 2.05) is 12.1 Å². The molecule has 28 heavy (non-hydrogen) atoms. The van der Waals surface area contributed by atoms with Crippen molar-refractivity contribution in [3.63, 3.8) is 0 Å². The molecule has 0 radical (unpaired) electrons. The van der Waals surface area contributed by atoms with Crippen LogP contribution in [0.5, 0.6) is 0 Å². The molecule has 4 rings (SSSR count). The lowest BCUT2D eigenvalue weighted by atomic mass is 9.95. The fourth-order valence-electron chi connectivity index (χ4n) is 4.17. The summed E-state index contributed by atoms with van der Waals surface area (Å²) in [6.45, 7) is 3.40. The number of hydrogen-bond donors (Lipinski definition) is 1. The molecule has 1 saturated carbocycles. The van der Waals surface area contributed by atoms with Crippen molar-refractivity contribution in [2.75, 3.05) is 36.0 Å². The summed E-state index contributed by atoms with van der Waals surface area (Å²) in [6.07, 6.45) is 5.79. The minimum atomic E-state index is -0.0310. The lowest BCUT2D eigenvalue weighted by Gasteiger charge is -2.37. The standard InChI is InChI=1S/C22H27ClN4O/c23-20-12-11-19(22(28)24-17-7-3-1-4-8-17)21(25-20)27-15-13-26(14-16-27)18-9-5-2-6-10-18/h2,5-6,9-12,17H,1,3-4,7-8,13-16H2,(H,24,28). The number of hydrogen-bond acceptors (Lipinski definition) is 4. The van der Waals surface area contributed by atoms with Crippen LogP contribution in [-0.4, -0.2) is 43.1 Å². The Bertz CT molecular complexity index is 799. The van der Waals surface area contributed by atoms with Gasteiger partial charge in [0.25, 0.3) is 5.91 Å². The molecule has 1 amide bonds. The second-order valence-electron chi connectivity index (χ2n) is 7.62. The number of nitrogens with zero attached hydrogens (tertiary/aromatic N) is 3. The van der Waals surface area contributed by atoms with Gasteiger partial charge in [0, 0.05) is 37.9 Å². The highest BCUT2D eigenvalue weighted by molar-refractivity contribution is 6.29. The van der Waals surface area contributed by atoms with Gasteiger partial charge in [-0.1, -0.05) is 49.1 Å². The quantitative estimate of drug-likeness (QED) is 0.787. The number of carbonyl (C=O) groups excluding carboxylic acids is 1. The second kappa shape index (κ2) is 8.82. The van der Waals surface area contributed by atoms with Gasteiger partial charge in [0.05, 0.1) is 5.56 Å². The van der Waals surface area contributed by atoms with Gasteiger partial charge in [-0.2, -0.15) is 0 Å². The summed E-state index contributed by atoms with van der Waals surface area (Å²) in [5.74, 6) is 0.671. The lowest BCUT2D eigenvalue weighted by Crippen LogP contribution is -2.47. The van der Waals surface area contributed by atoms with E-state index in [0.29, 0.717) is 16.5 Å². The molecule has 0 spiro atoms. The average Bonchev–Trinajstić information content (AvgIpc) is 2.75. The number of aromatic nitrogens is 1. The van der Waals surface area contributed by atoms with Gasteiger partial charge < -0.3 is 15.1 Å². The lowest BCUT2D eigenvalue weighted by molar-refractivity contribution is 0.0928. The van der Waals surface area contributed by atoms with Crippen molar-refractivity contribution in [3.8, 4) is 0 Å². The molecule has 6 heteroatoms. The molecule has 0 bridgehead atoms. The van der Waals surface area contributed by atoms with Crippen LogP contribution < -0.4 is 15.1 Å². The highest BCUT2D eigenvalue weighted by Crippen LogP contribution is 2.25. The zero-order valence-corrected chi connectivity index (χ0v) is 16.9. The predicted octanol–water partition coefficient (Wildman–Crippen LogP) is 4.12. The van der Waals surface area contributed by atoms with Gasteiger partial charge in [0.15, 0.2) is 0 Å². The first-order chi connectivity index (χ1) is 13.7. The van der Waals surface area contributed by atoms with Crippen LogP contribution in [0.25, 0.3) is 0 Å². The Balaban J connectivity index is 1.47. The van der Waals surface area contributed by atoms with Crippen molar-refractivity contribution in [3.05, 3.63) is 53.2 Å². The van der Waals surface area contributed by atoms with Crippen LogP contribution in [0.3, 0.4) is 0 Å². The average molecular weight is 399 g/mol. The van der Waals surface area contributed by atoms with Crippen LogP contribution in [0.2, 0.25) is 5.15 Å². The maximum Gasteiger partial charge on any atom is 0.255 e. The van der Waals surface area contributed by atoms with Gasteiger partial charge in [-0.15, -0.1) is 0 Å². The summed E-state index contributed by atoms with van der Waals surface area (Å²) in [6, 6.07) is 14.2. The smallest absolute Gasteiger partial charge is 0.255 e. The Hall–Kier alpha value is -2.27. The molecule has 2 fully saturated rings. The molecule has 2 aromatic rings. The van der Waals surface area contributed by atoms with Gasteiger partial charge in [0.1, 0.15) is 11.0 Å². The highest BCUT2D eigenvalue weighted by atomic mass is 35.5. The Morgan fingerprint density at radius 3 is 2.32 bits per heavy atom. The van der Waals surface area contributed by atoms with E-state index in [-0.39, 0.29) is 11.9 Å². The Morgan fingerprint density at radius 2 is 1.61 bits per heavy atom. The van der Waals surface area contributed by atoms with E-state index in [1.165, 1.54) is 24.9 Å². The SMILES string of the molecule is O=C(NC1CCCCC1)c1ccc(Cl)nc1N1CCN(c2ccccc2)CC1. The molecule has 0 atom stereocenters. The van der Waals surface area contributed by atoms with Crippen molar-refractivity contribution in [1.82, 2.24) is 10.3 Å². The minimum Gasteiger partial charge on any atom is -0.368 e. The zero-order valence-electron chi connectivity index (χ0n) is 16.1. The molecule has 1 saturated heterocycles. The number of carbonyl (C=O) groups is 1. The van der Waals surface area contributed by atoms with Crippen molar-refractivity contribution >= 4 is 29.0 Å². The number of rotatable bonds is 4. The first kappa shape index (κ1) is 19.1. The summed E-state index contributed by atoms with van der Waals surface area (Å²) in [4.78, 5) is 22.0. The fourth-order valence-corrected chi connectivity index (χ4v) is 4.31. The molecule has 1 aliphatic heterocycles. The molecule has 2 aliphatic rings. The van der Waals surface area contributed by atoms with Crippen molar-refractivity contribution in [1.29, 1.82) is 0 Å². The summed E-state index contributed by atoms with van der Waals surface area (Å²) < 4.78 is 0. The van der Waals surface area contributed by atoms with Crippen molar-refractivity contribution < 1.29 is 4.79 Å². The summed E-state index contributed by atoms with van der Waals surface area (Å²) in [7, 11) is 0. The van der Waals surface area contributed by atoms with Gasteiger partial charge in [-0.3, -0.25) is 4.79 Å². The molecule has 0 unspecified atom stereocenters. The number of para-hydroxylation sites is 1. The monoisotopic (exact) mass is 398 g/mol. The van der Waals surface area contributed by atoms with E-state index >= 15 is 0 Å². The summed E-state index contributed by atoms with van der Waals surface area (Å²) >= 11 is 6.18. The molecular weight excluding hydrogens is 372 g/mol. The van der Waals surface area contributed by atoms with Gasteiger partial charge in [0.2, 0.25) is 0 Å². The number of halogens is 1. The minimum absolute atomic E-state index is 0.0310. The van der Waals surface area contributed by atoms with Gasteiger partial charge >= 0.3 is 0 Å². The summed E-state index contributed by atoms with van der Waals surface area (Å²) in [5, 5.41) is 3.64. The van der Waals surface area contributed by atoms with E-state index in [9.17, 15) is 4.79 Å². The Labute approximate surface area is 171 Å². The second-order valence-corrected chi connectivity index (χ2v) is 8.01. The third kappa shape index (κ3) is 4.41. The van der Waals surface area contributed by atoms with Gasteiger partial charge in [-0.05, 0) is 37.1 Å². The molecule has 1 N–H and O–H groups in total. The van der Waals surface area contributed by atoms with E-state index in [1.54, 1.807) is 6.07 Å². The predicted molar refractivity (Wildman–Crippen MR) is 114 cm³/mol. The number of pyridine rings is 1. The summed E-state index contributed by atoms with van der Waals surface area (Å²) in [5.41, 5.74) is 1.86. The van der Waals surface area contributed by atoms with E-state index < -0.39 is 0 Å².